The van der Waals surface area contributed by atoms with Crippen molar-refractivity contribution in [2.75, 3.05) is 13.7 Å². The van der Waals surface area contributed by atoms with Gasteiger partial charge >= 0.3 is 5.97 Å². The van der Waals surface area contributed by atoms with Crippen molar-refractivity contribution in [2.45, 2.75) is 24.8 Å². The molecular weight excluding hydrogens is 278 g/mol. The van der Waals surface area contributed by atoms with Crippen LogP contribution in [0.4, 0.5) is 0 Å². The number of benzene rings is 1. The van der Waals surface area contributed by atoms with Crippen molar-refractivity contribution in [1.82, 2.24) is 4.31 Å². The number of hydrogen-bond donors (Lipinski definition) is 0. The predicted octanol–water partition coefficient (Wildman–Crippen LogP) is 1.49. The first-order chi connectivity index (χ1) is 9.37. The standard InChI is InChI=1S/C14H17NO4S/c1-10-4-6-12(7-5-10)20(17,18)15-9-8-11(2)13(15)14(16)19-3/h4-8,13H,9H2,1-3H3/t13-/m1/s1. The van der Waals surface area contributed by atoms with Crippen molar-refractivity contribution in [2.24, 2.45) is 0 Å². The summed E-state index contributed by atoms with van der Waals surface area (Å²) in [4.78, 5) is 12.0. The van der Waals surface area contributed by atoms with Gasteiger partial charge in [-0.2, -0.15) is 4.31 Å². The fraction of sp³-hybridized carbons (Fsp3) is 0.357. The number of carbonyl (C=O) groups is 1. The lowest BCUT2D eigenvalue weighted by atomic mass is 10.2. The third-order valence-electron chi connectivity index (χ3n) is 3.36. The lowest BCUT2D eigenvalue weighted by Crippen LogP contribution is -2.42. The molecule has 1 heterocycles. The highest BCUT2D eigenvalue weighted by molar-refractivity contribution is 7.89. The van der Waals surface area contributed by atoms with Crippen molar-refractivity contribution >= 4 is 16.0 Å². The molecule has 1 aliphatic heterocycles. The van der Waals surface area contributed by atoms with E-state index >= 15 is 0 Å². The van der Waals surface area contributed by atoms with Crippen LogP contribution in [0.5, 0.6) is 0 Å². The van der Waals surface area contributed by atoms with Gasteiger partial charge in [-0.05, 0) is 31.6 Å². The molecule has 1 aliphatic rings. The first kappa shape index (κ1) is 14.7. The molecule has 0 saturated carbocycles. The maximum Gasteiger partial charge on any atom is 0.328 e. The number of nitrogens with zero attached hydrogens (tertiary/aromatic N) is 1. The average molecular weight is 295 g/mol. The second-order valence-electron chi connectivity index (χ2n) is 4.76. The number of rotatable bonds is 3. The Morgan fingerprint density at radius 3 is 2.40 bits per heavy atom. The molecular formula is C14H17NO4S. The molecule has 0 saturated heterocycles. The highest BCUT2D eigenvalue weighted by Crippen LogP contribution is 2.27. The zero-order chi connectivity index (χ0) is 14.9. The molecule has 0 aliphatic carbocycles. The summed E-state index contributed by atoms with van der Waals surface area (Å²) < 4.78 is 31.1. The molecule has 1 aromatic carbocycles. The topological polar surface area (TPSA) is 63.7 Å². The monoisotopic (exact) mass is 295 g/mol. The summed E-state index contributed by atoms with van der Waals surface area (Å²) in [6, 6.07) is 5.69. The molecule has 0 bridgehead atoms. The minimum Gasteiger partial charge on any atom is -0.468 e. The van der Waals surface area contributed by atoms with Crippen molar-refractivity contribution in [3.8, 4) is 0 Å². The van der Waals surface area contributed by atoms with E-state index in [2.05, 4.69) is 0 Å². The Morgan fingerprint density at radius 2 is 1.85 bits per heavy atom. The fourth-order valence-corrected chi connectivity index (χ4v) is 3.73. The second kappa shape index (κ2) is 5.38. The molecule has 0 aromatic heterocycles. The number of methoxy groups -OCH3 is 1. The SMILES string of the molecule is COC(=O)[C@H]1C(C)=CCN1S(=O)(=O)c1ccc(C)cc1. The van der Waals surface area contributed by atoms with Gasteiger partial charge in [-0.25, -0.2) is 13.2 Å². The molecule has 5 nitrogen and oxygen atoms in total. The summed E-state index contributed by atoms with van der Waals surface area (Å²) in [6.45, 7) is 3.79. The van der Waals surface area contributed by atoms with E-state index in [-0.39, 0.29) is 11.4 Å². The predicted molar refractivity (Wildman–Crippen MR) is 74.6 cm³/mol. The molecule has 0 fully saturated rings. The summed E-state index contributed by atoms with van der Waals surface area (Å²) in [5.74, 6) is -0.563. The Kier molecular flexibility index (Phi) is 3.96. The van der Waals surface area contributed by atoms with Crippen LogP contribution in [0, 0.1) is 6.92 Å². The normalized spacial score (nSPS) is 19.8. The molecule has 0 spiro atoms. The number of ether oxygens (including phenoxy) is 1. The third-order valence-corrected chi connectivity index (χ3v) is 5.21. The molecule has 0 radical (unpaired) electrons. The van der Waals surface area contributed by atoms with E-state index in [0.29, 0.717) is 5.57 Å². The second-order valence-corrected chi connectivity index (χ2v) is 6.65. The van der Waals surface area contributed by atoms with Crippen molar-refractivity contribution in [1.29, 1.82) is 0 Å². The minimum atomic E-state index is -3.71. The Balaban J connectivity index is 2.39. The zero-order valence-electron chi connectivity index (χ0n) is 11.7. The number of carbonyl (C=O) groups excluding carboxylic acids is 1. The van der Waals surface area contributed by atoms with Crippen molar-refractivity contribution < 1.29 is 17.9 Å². The molecule has 0 unspecified atom stereocenters. The zero-order valence-corrected chi connectivity index (χ0v) is 12.5. The van der Waals surface area contributed by atoms with Crippen LogP contribution in [0.1, 0.15) is 12.5 Å². The number of sulfonamides is 1. The summed E-state index contributed by atoms with van der Waals surface area (Å²) in [5, 5.41) is 0. The van der Waals surface area contributed by atoms with Gasteiger partial charge in [-0.15, -0.1) is 0 Å². The largest absolute Gasteiger partial charge is 0.468 e. The van der Waals surface area contributed by atoms with E-state index in [4.69, 9.17) is 4.74 Å². The van der Waals surface area contributed by atoms with Gasteiger partial charge in [0.05, 0.1) is 12.0 Å². The van der Waals surface area contributed by atoms with Gasteiger partial charge in [0.2, 0.25) is 10.0 Å². The Hall–Kier alpha value is -1.66. The van der Waals surface area contributed by atoms with Crippen LogP contribution in [0.3, 0.4) is 0 Å². The van der Waals surface area contributed by atoms with Gasteiger partial charge in [-0.1, -0.05) is 23.8 Å². The fourth-order valence-electron chi connectivity index (χ4n) is 2.18. The lowest BCUT2D eigenvalue weighted by Gasteiger charge is -2.23. The van der Waals surface area contributed by atoms with Crippen LogP contribution in [0.25, 0.3) is 0 Å². The van der Waals surface area contributed by atoms with Gasteiger partial charge in [0.15, 0.2) is 0 Å². The lowest BCUT2D eigenvalue weighted by molar-refractivity contribution is -0.143. The van der Waals surface area contributed by atoms with E-state index in [1.807, 2.05) is 6.92 Å². The first-order valence-electron chi connectivity index (χ1n) is 6.21. The van der Waals surface area contributed by atoms with Gasteiger partial charge < -0.3 is 4.74 Å². The Labute approximate surface area is 118 Å². The van der Waals surface area contributed by atoms with Crippen molar-refractivity contribution in [3.63, 3.8) is 0 Å². The van der Waals surface area contributed by atoms with E-state index < -0.39 is 22.0 Å². The molecule has 0 N–H and O–H groups in total. The number of esters is 1. The van der Waals surface area contributed by atoms with Crippen LogP contribution in [-0.4, -0.2) is 38.4 Å². The molecule has 0 amide bonds. The third kappa shape index (κ3) is 2.48. The minimum absolute atomic E-state index is 0.181. The number of hydrogen-bond acceptors (Lipinski definition) is 4. The van der Waals surface area contributed by atoms with Gasteiger partial charge in [0, 0.05) is 6.54 Å². The van der Waals surface area contributed by atoms with Gasteiger partial charge in [-0.3, -0.25) is 0 Å². The summed E-state index contributed by atoms with van der Waals surface area (Å²) in [5.41, 5.74) is 1.66. The smallest absolute Gasteiger partial charge is 0.328 e. The quantitative estimate of drug-likeness (QED) is 0.626. The molecule has 108 valence electrons. The van der Waals surface area contributed by atoms with Crippen LogP contribution < -0.4 is 0 Å². The van der Waals surface area contributed by atoms with Crippen LogP contribution in [0.2, 0.25) is 0 Å². The molecule has 2 rings (SSSR count). The van der Waals surface area contributed by atoms with Crippen LogP contribution in [0.15, 0.2) is 40.8 Å². The van der Waals surface area contributed by atoms with Gasteiger partial charge in [0.25, 0.3) is 0 Å². The molecule has 1 atom stereocenters. The Morgan fingerprint density at radius 1 is 1.25 bits per heavy atom. The van der Waals surface area contributed by atoms with E-state index in [1.165, 1.54) is 11.4 Å². The van der Waals surface area contributed by atoms with E-state index in [9.17, 15) is 13.2 Å². The van der Waals surface area contributed by atoms with Crippen LogP contribution >= 0.6 is 0 Å². The van der Waals surface area contributed by atoms with Gasteiger partial charge in [0.1, 0.15) is 6.04 Å². The van der Waals surface area contributed by atoms with Crippen LogP contribution in [-0.2, 0) is 19.6 Å². The average Bonchev–Trinajstić information content (AvgIpc) is 2.81. The first-order valence-corrected chi connectivity index (χ1v) is 7.65. The van der Waals surface area contributed by atoms with Crippen molar-refractivity contribution in [3.05, 3.63) is 41.5 Å². The summed E-state index contributed by atoms with van der Waals surface area (Å²) >= 11 is 0. The summed E-state index contributed by atoms with van der Waals surface area (Å²) in [6.07, 6.45) is 1.73. The highest BCUT2D eigenvalue weighted by Gasteiger charge is 2.40. The maximum absolute atomic E-state index is 12.6. The van der Waals surface area contributed by atoms with E-state index in [0.717, 1.165) is 5.56 Å². The number of aryl methyl sites for hydroxylation is 1. The molecule has 6 heteroatoms. The molecule has 20 heavy (non-hydrogen) atoms. The van der Waals surface area contributed by atoms with E-state index in [1.54, 1.807) is 37.3 Å². The summed E-state index contributed by atoms with van der Waals surface area (Å²) in [7, 11) is -2.46. The highest BCUT2D eigenvalue weighted by atomic mass is 32.2. The Bertz CT molecular complexity index is 646. The maximum atomic E-state index is 12.6. The molecule has 1 aromatic rings.